The van der Waals surface area contributed by atoms with Crippen molar-refractivity contribution in [1.29, 1.82) is 0 Å². The van der Waals surface area contributed by atoms with Gasteiger partial charge in [0.25, 0.3) is 11.8 Å². The van der Waals surface area contributed by atoms with Crippen LogP contribution in [0, 0.1) is 5.92 Å². The second kappa shape index (κ2) is 12.5. The van der Waals surface area contributed by atoms with E-state index in [1.165, 1.54) is 20.0 Å². The normalized spacial score (nSPS) is 16.1. The van der Waals surface area contributed by atoms with E-state index in [0.717, 1.165) is 19.5 Å². The van der Waals surface area contributed by atoms with Crippen molar-refractivity contribution in [3.05, 3.63) is 23.8 Å². The fraction of sp³-hybridized carbons (Fsp3) is 0.600. The van der Waals surface area contributed by atoms with Crippen LogP contribution in [0.5, 0.6) is 11.5 Å². The summed E-state index contributed by atoms with van der Waals surface area (Å²) in [5.41, 5.74) is 0.507. The Kier molecular flexibility index (Phi) is 10.7. The molecule has 1 fully saturated rings. The highest BCUT2D eigenvalue weighted by molar-refractivity contribution is 5.94. The number of ether oxygens (including phenoxy) is 2. The van der Waals surface area contributed by atoms with Crippen LogP contribution in [0.2, 0.25) is 0 Å². The predicted octanol–water partition coefficient (Wildman–Crippen LogP) is 2.14. The van der Waals surface area contributed by atoms with E-state index in [4.69, 9.17) is 9.47 Å². The molecular weight excluding hydrogens is 382 g/mol. The van der Waals surface area contributed by atoms with Crippen molar-refractivity contribution < 1.29 is 19.1 Å². The molecule has 1 aliphatic heterocycles. The fourth-order valence-corrected chi connectivity index (χ4v) is 3.10. The highest BCUT2D eigenvalue weighted by Crippen LogP contribution is 2.28. The van der Waals surface area contributed by atoms with Gasteiger partial charge in [0, 0.05) is 18.2 Å². The van der Waals surface area contributed by atoms with Crippen molar-refractivity contribution in [2.45, 2.75) is 39.2 Å². The Bertz CT molecular complexity index is 634. The van der Waals surface area contributed by atoms with Crippen LogP contribution in [0.25, 0.3) is 0 Å². The van der Waals surface area contributed by atoms with Gasteiger partial charge in [0.05, 0.1) is 7.11 Å². The van der Waals surface area contributed by atoms with Crippen LogP contribution in [0.1, 0.15) is 43.5 Å². The molecule has 0 bridgehead atoms. The summed E-state index contributed by atoms with van der Waals surface area (Å²) in [4.78, 5) is 24.1. The number of methoxy groups -OCH3 is 1. The Balaban J connectivity index is 0.00000392. The average Bonchev–Trinajstić information content (AvgIpc) is 2.66. The van der Waals surface area contributed by atoms with E-state index < -0.39 is 0 Å². The maximum absolute atomic E-state index is 12.4. The molecule has 158 valence electrons. The zero-order chi connectivity index (χ0) is 19.6. The molecule has 0 spiro atoms. The summed E-state index contributed by atoms with van der Waals surface area (Å²) in [5.74, 6) is 1.14. The maximum atomic E-state index is 12.4. The highest BCUT2D eigenvalue weighted by Gasteiger charge is 2.15. The van der Waals surface area contributed by atoms with Crippen LogP contribution in [-0.4, -0.2) is 51.2 Å². The smallest absolute Gasteiger partial charge is 0.258 e. The monoisotopic (exact) mass is 413 g/mol. The third-order valence-electron chi connectivity index (χ3n) is 4.47. The second-order valence-corrected chi connectivity index (χ2v) is 7.13. The SMILES string of the molecule is COc1cc(C(=O)NCCC2CCCNC2)ccc1OCC(=O)NC(C)C.Cl. The lowest BCUT2D eigenvalue weighted by molar-refractivity contribution is -0.123. The minimum atomic E-state index is -0.203. The maximum Gasteiger partial charge on any atom is 0.258 e. The van der Waals surface area contributed by atoms with Crippen LogP contribution in [0.4, 0.5) is 0 Å². The topological polar surface area (TPSA) is 88.7 Å². The first kappa shape index (κ1) is 24.0. The van der Waals surface area contributed by atoms with Crippen molar-refractivity contribution in [2.75, 3.05) is 33.4 Å². The summed E-state index contributed by atoms with van der Waals surface area (Å²) in [5, 5.41) is 9.10. The van der Waals surface area contributed by atoms with Gasteiger partial charge in [-0.3, -0.25) is 9.59 Å². The van der Waals surface area contributed by atoms with Gasteiger partial charge >= 0.3 is 0 Å². The van der Waals surface area contributed by atoms with Crippen LogP contribution in [-0.2, 0) is 4.79 Å². The minimum Gasteiger partial charge on any atom is -0.493 e. The standard InChI is InChI=1S/C20H31N3O4.ClH/c1-14(2)23-19(24)13-27-17-7-6-16(11-18(17)26-3)20(25)22-10-8-15-5-4-9-21-12-15;/h6-7,11,14-15,21H,4-5,8-10,12-13H2,1-3H3,(H,22,25)(H,23,24);1H. The molecule has 0 radical (unpaired) electrons. The van der Waals surface area contributed by atoms with Crippen molar-refractivity contribution >= 4 is 24.2 Å². The van der Waals surface area contributed by atoms with Gasteiger partial charge in [-0.05, 0) is 70.3 Å². The first-order valence-corrected chi connectivity index (χ1v) is 9.58. The molecule has 28 heavy (non-hydrogen) atoms. The second-order valence-electron chi connectivity index (χ2n) is 7.13. The van der Waals surface area contributed by atoms with Crippen LogP contribution in [0.15, 0.2) is 18.2 Å². The van der Waals surface area contributed by atoms with Gasteiger partial charge in [-0.15, -0.1) is 12.4 Å². The molecule has 1 aromatic rings. The number of rotatable bonds is 9. The Morgan fingerprint density at radius 3 is 2.71 bits per heavy atom. The number of amides is 2. The number of carbonyl (C=O) groups excluding carboxylic acids is 2. The van der Waals surface area contributed by atoms with Gasteiger partial charge in [0.15, 0.2) is 18.1 Å². The molecule has 2 amide bonds. The first-order valence-electron chi connectivity index (χ1n) is 9.58. The number of piperidine rings is 1. The number of benzene rings is 1. The summed E-state index contributed by atoms with van der Waals surface area (Å²) in [6.07, 6.45) is 3.39. The summed E-state index contributed by atoms with van der Waals surface area (Å²) >= 11 is 0. The molecule has 1 heterocycles. The quantitative estimate of drug-likeness (QED) is 0.577. The number of halogens is 1. The molecule has 7 nitrogen and oxygen atoms in total. The van der Waals surface area contributed by atoms with E-state index in [1.807, 2.05) is 13.8 Å². The van der Waals surface area contributed by atoms with E-state index >= 15 is 0 Å². The molecule has 0 saturated carbocycles. The van der Waals surface area contributed by atoms with E-state index in [2.05, 4.69) is 16.0 Å². The number of hydrogen-bond acceptors (Lipinski definition) is 5. The molecule has 1 atom stereocenters. The zero-order valence-electron chi connectivity index (χ0n) is 16.9. The first-order chi connectivity index (χ1) is 13.0. The summed E-state index contributed by atoms with van der Waals surface area (Å²) in [7, 11) is 1.51. The molecule has 1 aliphatic rings. The largest absolute Gasteiger partial charge is 0.493 e. The summed E-state index contributed by atoms with van der Waals surface area (Å²) in [6.45, 7) is 6.44. The highest BCUT2D eigenvalue weighted by atomic mass is 35.5. The van der Waals surface area contributed by atoms with Gasteiger partial charge in [0.2, 0.25) is 0 Å². The lowest BCUT2D eigenvalue weighted by atomic mass is 9.96. The van der Waals surface area contributed by atoms with Crippen LogP contribution < -0.4 is 25.4 Å². The molecule has 1 aromatic carbocycles. The minimum absolute atomic E-state index is 0. The average molecular weight is 414 g/mol. The molecular formula is C20H32ClN3O4. The predicted molar refractivity (Wildman–Crippen MR) is 112 cm³/mol. The summed E-state index contributed by atoms with van der Waals surface area (Å²) in [6, 6.07) is 5.02. The van der Waals surface area contributed by atoms with Gasteiger partial charge < -0.3 is 25.4 Å². The number of hydrogen-bond donors (Lipinski definition) is 3. The van der Waals surface area contributed by atoms with Crippen molar-refractivity contribution in [1.82, 2.24) is 16.0 Å². The van der Waals surface area contributed by atoms with E-state index in [9.17, 15) is 9.59 Å². The Hall–Kier alpha value is -1.99. The fourth-order valence-electron chi connectivity index (χ4n) is 3.10. The van der Waals surface area contributed by atoms with Gasteiger partial charge in [-0.2, -0.15) is 0 Å². The third kappa shape index (κ3) is 7.94. The van der Waals surface area contributed by atoms with Crippen molar-refractivity contribution in [2.24, 2.45) is 5.92 Å². The van der Waals surface area contributed by atoms with E-state index in [0.29, 0.717) is 29.5 Å². The van der Waals surface area contributed by atoms with Gasteiger partial charge in [-0.1, -0.05) is 0 Å². The van der Waals surface area contributed by atoms with E-state index in [-0.39, 0.29) is 36.9 Å². The summed E-state index contributed by atoms with van der Waals surface area (Å²) < 4.78 is 10.8. The molecule has 1 unspecified atom stereocenters. The lowest BCUT2D eigenvalue weighted by Gasteiger charge is -2.22. The molecule has 1 saturated heterocycles. The van der Waals surface area contributed by atoms with Gasteiger partial charge in [-0.25, -0.2) is 0 Å². The lowest BCUT2D eigenvalue weighted by Crippen LogP contribution is -2.34. The Labute approximate surface area is 173 Å². The molecule has 3 N–H and O–H groups in total. The molecule has 8 heteroatoms. The van der Waals surface area contributed by atoms with Crippen LogP contribution in [0.3, 0.4) is 0 Å². The molecule has 0 aliphatic carbocycles. The number of nitrogens with one attached hydrogen (secondary N) is 3. The van der Waals surface area contributed by atoms with Crippen molar-refractivity contribution in [3.63, 3.8) is 0 Å². The van der Waals surface area contributed by atoms with Crippen molar-refractivity contribution in [3.8, 4) is 11.5 Å². The Morgan fingerprint density at radius 1 is 1.29 bits per heavy atom. The number of carbonyl (C=O) groups is 2. The zero-order valence-corrected chi connectivity index (χ0v) is 17.7. The van der Waals surface area contributed by atoms with E-state index in [1.54, 1.807) is 18.2 Å². The molecule has 0 aromatic heterocycles. The Morgan fingerprint density at radius 2 is 2.07 bits per heavy atom. The van der Waals surface area contributed by atoms with Gasteiger partial charge in [0.1, 0.15) is 0 Å². The molecule has 2 rings (SSSR count). The van der Waals surface area contributed by atoms with Crippen LogP contribution >= 0.6 is 12.4 Å². The third-order valence-corrected chi connectivity index (χ3v) is 4.47.